The highest BCUT2D eigenvalue weighted by Gasteiger charge is 2.14. The molecule has 1 saturated carbocycles. The quantitative estimate of drug-likeness (QED) is 0.808. The molecule has 1 heterocycles. The second kappa shape index (κ2) is 6.15. The summed E-state index contributed by atoms with van der Waals surface area (Å²) in [6.45, 7) is 0.863. The van der Waals surface area contributed by atoms with Crippen LogP contribution in [0.4, 0.5) is 0 Å². The van der Waals surface area contributed by atoms with Crippen LogP contribution < -0.4 is 10.6 Å². The highest BCUT2D eigenvalue weighted by molar-refractivity contribution is 7.80. The number of rotatable bonds is 4. The molecule has 2 rings (SSSR count). The highest BCUT2D eigenvalue weighted by Crippen LogP contribution is 2.17. The summed E-state index contributed by atoms with van der Waals surface area (Å²) in [5.74, 6) is 0. The number of thiocarbonyl (C=S) groups is 1. The van der Waals surface area contributed by atoms with Gasteiger partial charge in [-0.25, -0.2) is 4.98 Å². The third-order valence-electron chi connectivity index (χ3n) is 2.84. The largest absolute Gasteiger partial charge is 0.362 e. The van der Waals surface area contributed by atoms with Gasteiger partial charge < -0.3 is 10.6 Å². The van der Waals surface area contributed by atoms with Crippen molar-refractivity contribution in [2.75, 3.05) is 6.54 Å². The summed E-state index contributed by atoms with van der Waals surface area (Å²) in [5, 5.41) is 9.47. The van der Waals surface area contributed by atoms with Crippen LogP contribution in [-0.4, -0.2) is 22.7 Å². The molecule has 0 bridgehead atoms. The third-order valence-corrected chi connectivity index (χ3v) is 3.74. The number of hydrogen-bond donors (Lipinski definition) is 2. The summed E-state index contributed by atoms with van der Waals surface area (Å²) < 4.78 is 0. The highest BCUT2D eigenvalue weighted by atomic mass is 32.1. The lowest BCUT2D eigenvalue weighted by atomic mass is 10.2. The first kappa shape index (κ1) is 11.8. The molecule has 3 nitrogen and oxygen atoms in total. The minimum Gasteiger partial charge on any atom is -0.362 e. The lowest BCUT2D eigenvalue weighted by Gasteiger charge is -2.15. The molecule has 0 saturated heterocycles. The zero-order valence-electron chi connectivity index (χ0n) is 9.24. The van der Waals surface area contributed by atoms with E-state index in [0.717, 1.165) is 23.8 Å². The SMILES string of the molecule is S=C(NCCc1cscn1)NC1CCCC1. The lowest BCUT2D eigenvalue weighted by Crippen LogP contribution is -2.41. The monoisotopic (exact) mass is 255 g/mol. The first-order chi connectivity index (χ1) is 7.84. The first-order valence-electron chi connectivity index (χ1n) is 5.76. The normalized spacial score (nSPS) is 16.2. The van der Waals surface area contributed by atoms with Gasteiger partial charge in [0.2, 0.25) is 0 Å². The predicted molar refractivity (Wildman–Crippen MR) is 71.8 cm³/mol. The van der Waals surface area contributed by atoms with E-state index >= 15 is 0 Å². The molecule has 88 valence electrons. The van der Waals surface area contributed by atoms with E-state index in [1.807, 2.05) is 5.51 Å². The van der Waals surface area contributed by atoms with E-state index in [-0.39, 0.29) is 0 Å². The Bertz CT molecular complexity index is 318. The maximum atomic E-state index is 5.25. The van der Waals surface area contributed by atoms with Gasteiger partial charge in [0.05, 0.1) is 11.2 Å². The van der Waals surface area contributed by atoms with E-state index in [2.05, 4.69) is 21.0 Å². The minimum absolute atomic E-state index is 0.597. The predicted octanol–water partition coefficient (Wildman–Crippen LogP) is 2.09. The van der Waals surface area contributed by atoms with Crippen LogP contribution in [0.3, 0.4) is 0 Å². The Morgan fingerprint density at radius 3 is 3.00 bits per heavy atom. The average molecular weight is 255 g/mol. The molecule has 0 spiro atoms. The Hall–Kier alpha value is -0.680. The van der Waals surface area contributed by atoms with Gasteiger partial charge in [-0.2, -0.15) is 0 Å². The fourth-order valence-electron chi connectivity index (χ4n) is 1.97. The molecule has 0 amide bonds. The molecule has 0 aliphatic heterocycles. The molecule has 1 aromatic rings. The van der Waals surface area contributed by atoms with E-state index in [9.17, 15) is 0 Å². The molecule has 16 heavy (non-hydrogen) atoms. The molecule has 0 unspecified atom stereocenters. The lowest BCUT2D eigenvalue weighted by molar-refractivity contribution is 0.621. The topological polar surface area (TPSA) is 37.0 Å². The molecular formula is C11H17N3S2. The minimum atomic E-state index is 0.597. The van der Waals surface area contributed by atoms with Crippen molar-refractivity contribution < 1.29 is 0 Å². The van der Waals surface area contributed by atoms with Crippen molar-refractivity contribution in [3.8, 4) is 0 Å². The van der Waals surface area contributed by atoms with Crippen LogP contribution in [0.25, 0.3) is 0 Å². The van der Waals surface area contributed by atoms with Crippen LogP contribution >= 0.6 is 23.6 Å². The maximum Gasteiger partial charge on any atom is 0.166 e. The summed E-state index contributed by atoms with van der Waals surface area (Å²) in [4.78, 5) is 4.23. The third kappa shape index (κ3) is 3.72. The zero-order valence-corrected chi connectivity index (χ0v) is 10.9. The van der Waals surface area contributed by atoms with Crippen molar-refractivity contribution >= 4 is 28.7 Å². The van der Waals surface area contributed by atoms with Gasteiger partial charge in [-0.15, -0.1) is 11.3 Å². The van der Waals surface area contributed by atoms with Gasteiger partial charge in [0.15, 0.2) is 5.11 Å². The fraction of sp³-hybridized carbons (Fsp3) is 0.636. The molecule has 1 fully saturated rings. The molecule has 0 radical (unpaired) electrons. The Kier molecular flexibility index (Phi) is 4.54. The van der Waals surface area contributed by atoms with Crippen molar-refractivity contribution in [2.45, 2.75) is 38.1 Å². The Morgan fingerprint density at radius 2 is 2.31 bits per heavy atom. The maximum absolute atomic E-state index is 5.25. The van der Waals surface area contributed by atoms with Crippen LogP contribution in [0.1, 0.15) is 31.4 Å². The number of hydrogen-bond acceptors (Lipinski definition) is 3. The molecule has 1 aliphatic rings. The van der Waals surface area contributed by atoms with Crippen LogP contribution in [-0.2, 0) is 6.42 Å². The van der Waals surface area contributed by atoms with Crippen LogP contribution in [0, 0.1) is 0 Å². The van der Waals surface area contributed by atoms with E-state index < -0.39 is 0 Å². The standard InChI is InChI=1S/C11H17N3S2/c15-11(14-9-3-1-2-4-9)12-6-5-10-7-16-8-13-10/h7-9H,1-6H2,(H2,12,14,15). The van der Waals surface area contributed by atoms with Crippen molar-refractivity contribution in [3.63, 3.8) is 0 Å². The molecule has 0 atom stereocenters. The van der Waals surface area contributed by atoms with Gasteiger partial charge >= 0.3 is 0 Å². The second-order valence-corrected chi connectivity index (χ2v) is 5.24. The second-order valence-electron chi connectivity index (χ2n) is 4.11. The summed E-state index contributed by atoms with van der Waals surface area (Å²) >= 11 is 6.88. The molecule has 2 N–H and O–H groups in total. The van der Waals surface area contributed by atoms with Gasteiger partial charge in [-0.3, -0.25) is 0 Å². The number of thiazole rings is 1. The van der Waals surface area contributed by atoms with Crippen LogP contribution in [0.5, 0.6) is 0 Å². The molecule has 1 aliphatic carbocycles. The summed E-state index contributed by atoms with van der Waals surface area (Å²) in [7, 11) is 0. The molecule has 0 aromatic carbocycles. The smallest absolute Gasteiger partial charge is 0.166 e. The Balaban J connectivity index is 1.60. The van der Waals surface area contributed by atoms with Gasteiger partial charge in [0.25, 0.3) is 0 Å². The van der Waals surface area contributed by atoms with Crippen molar-refractivity contribution in [1.82, 2.24) is 15.6 Å². The number of aromatic nitrogens is 1. The van der Waals surface area contributed by atoms with Crippen molar-refractivity contribution in [1.29, 1.82) is 0 Å². The van der Waals surface area contributed by atoms with Crippen LogP contribution in [0.15, 0.2) is 10.9 Å². The Labute approximate surface area is 106 Å². The van der Waals surface area contributed by atoms with Gasteiger partial charge in [0.1, 0.15) is 0 Å². The average Bonchev–Trinajstić information content (AvgIpc) is 2.90. The van der Waals surface area contributed by atoms with Crippen LogP contribution in [0.2, 0.25) is 0 Å². The summed E-state index contributed by atoms with van der Waals surface area (Å²) in [6, 6.07) is 0.597. The summed E-state index contributed by atoms with van der Waals surface area (Å²) in [6.07, 6.45) is 6.12. The fourth-order valence-corrected chi connectivity index (χ4v) is 2.83. The molecule has 5 heteroatoms. The van der Waals surface area contributed by atoms with Gasteiger partial charge in [-0.1, -0.05) is 12.8 Å². The number of nitrogens with one attached hydrogen (secondary N) is 2. The van der Waals surface area contributed by atoms with Crippen molar-refractivity contribution in [2.24, 2.45) is 0 Å². The van der Waals surface area contributed by atoms with E-state index in [1.165, 1.54) is 25.7 Å². The van der Waals surface area contributed by atoms with Gasteiger partial charge in [0, 0.05) is 24.4 Å². The Morgan fingerprint density at radius 1 is 1.50 bits per heavy atom. The first-order valence-corrected chi connectivity index (χ1v) is 7.11. The van der Waals surface area contributed by atoms with Crippen molar-refractivity contribution in [3.05, 3.63) is 16.6 Å². The summed E-state index contributed by atoms with van der Waals surface area (Å²) in [5.41, 5.74) is 3.01. The van der Waals surface area contributed by atoms with Gasteiger partial charge in [-0.05, 0) is 25.1 Å². The zero-order chi connectivity index (χ0) is 11.2. The molecular weight excluding hydrogens is 238 g/mol. The molecule has 1 aromatic heterocycles. The van der Waals surface area contributed by atoms with E-state index in [0.29, 0.717) is 6.04 Å². The number of nitrogens with zero attached hydrogens (tertiary/aromatic N) is 1. The van der Waals surface area contributed by atoms with E-state index in [4.69, 9.17) is 12.2 Å². The van der Waals surface area contributed by atoms with E-state index in [1.54, 1.807) is 11.3 Å².